The van der Waals surface area contributed by atoms with Crippen LogP contribution in [0.4, 0.5) is 0 Å². The third-order valence-electron chi connectivity index (χ3n) is 7.01. The van der Waals surface area contributed by atoms with Gasteiger partial charge in [0.15, 0.2) is 0 Å². The van der Waals surface area contributed by atoms with E-state index in [0.29, 0.717) is 19.6 Å². The maximum absolute atomic E-state index is 12.6. The van der Waals surface area contributed by atoms with Crippen LogP contribution in [0, 0.1) is 17.8 Å². The quantitative estimate of drug-likeness (QED) is 0.0858. The molecule has 0 rings (SSSR count). The molecule has 0 spiro atoms. The molecular formula is C32H62O4. The zero-order valence-corrected chi connectivity index (χ0v) is 24.9. The van der Waals surface area contributed by atoms with Gasteiger partial charge in [0.1, 0.15) is 0 Å². The van der Waals surface area contributed by atoms with Crippen LogP contribution >= 0.6 is 0 Å². The number of carbonyl (C=O) groups excluding carboxylic acids is 2. The van der Waals surface area contributed by atoms with Gasteiger partial charge in [0, 0.05) is 0 Å². The van der Waals surface area contributed by atoms with Gasteiger partial charge in [-0.25, -0.2) is 0 Å². The first-order valence-corrected chi connectivity index (χ1v) is 15.7. The second-order valence-corrected chi connectivity index (χ2v) is 11.7. The molecule has 0 N–H and O–H groups in total. The predicted molar refractivity (Wildman–Crippen MR) is 153 cm³/mol. The molecule has 0 heterocycles. The second-order valence-electron chi connectivity index (χ2n) is 11.7. The van der Waals surface area contributed by atoms with Gasteiger partial charge in [-0.1, -0.05) is 137 Å². The second kappa shape index (κ2) is 25.6. The molecule has 0 bridgehead atoms. The Kier molecular flexibility index (Phi) is 24.8. The van der Waals surface area contributed by atoms with Gasteiger partial charge in [-0.3, -0.25) is 9.59 Å². The highest BCUT2D eigenvalue weighted by atomic mass is 16.5. The van der Waals surface area contributed by atoms with Crippen molar-refractivity contribution < 1.29 is 19.1 Å². The van der Waals surface area contributed by atoms with Gasteiger partial charge in [-0.2, -0.15) is 0 Å². The standard InChI is InChI=1S/C32H62O4/c1-6-7-24-30(32(34)36-26-21-17-13-9-11-15-19-23-29(4)5)27-31(33)35-25-20-16-12-8-10-14-18-22-28(2)3/h28-30H,6-27H2,1-5H3. The van der Waals surface area contributed by atoms with Crippen LogP contribution in [0.3, 0.4) is 0 Å². The average molecular weight is 511 g/mol. The minimum absolute atomic E-state index is 0.158. The molecule has 0 saturated carbocycles. The van der Waals surface area contributed by atoms with Crippen LogP contribution in [0.15, 0.2) is 0 Å². The van der Waals surface area contributed by atoms with Crippen molar-refractivity contribution in [3.05, 3.63) is 0 Å². The number of ether oxygens (including phenoxy) is 2. The molecule has 36 heavy (non-hydrogen) atoms. The van der Waals surface area contributed by atoms with E-state index in [-0.39, 0.29) is 24.3 Å². The summed E-state index contributed by atoms with van der Waals surface area (Å²) in [6.45, 7) is 12.2. The van der Waals surface area contributed by atoms with Gasteiger partial charge in [0.2, 0.25) is 0 Å². The van der Waals surface area contributed by atoms with E-state index in [0.717, 1.165) is 50.4 Å². The van der Waals surface area contributed by atoms with Crippen LogP contribution < -0.4 is 0 Å². The maximum atomic E-state index is 12.6. The molecule has 0 fully saturated rings. The van der Waals surface area contributed by atoms with Crippen molar-refractivity contribution in [1.29, 1.82) is 0 Å². The number of esters is 2. The van der Waals surface area contributed by atoms with Crippen LogP contribution in [0.25, 0.3) is 0 Å². The summed E-state index contributed by atoms with van der Waals surface area (Å²) in [4.78, 5) is 24.9. The summed E-state index contributed by atoms with van der Waals surface area (Å²) in [6, 6.07) is 0. The topological polar surface area (TPSA) is 52.6 Å². The average Bonchev–Trinajstić information content (AvgIpc) is 2.83. The molecule has 4 nitrogen and oxygen atoms in total. The van der Waals surface area contributed by atoms with Crippen LogP contribution in [0.2, 0.25) is 0 Å². The van der Waals surface area contributed by atoms with Gasteiger partial charge in [-0.05, 0) is 31.1 Å². The molecule has 0 aromatic heterocycles. The first-order chi connectivity index (χ1) is 17.4. The van der Waals surface area contributed by atoms with Crippen LogP contribution in [0.5, 0.6) is 0 Å². The molecule has 0 aromatic rings. The highest BCUT2D eigenvalue weighted by molar-refractivity contribution is 5.79. The molecule has 0 aliphatic carbocycles. The lowest BCUT2D eigenvalue weighted by Crippen LogP contribution is -2.23. The molecule has 214 valence electrons. The third kappa shape index (κ3) is 24.6. The van der Waals surface area contributed by atoms with Gasteiger partial charge in [-0.15, -0.1) is 0 Å². The Bertz CT molecular complexity index is 500. The lowest BCUT2D eigenvalue weighted by Gasteiger charge is -2.15. The first kappa shape index (κ1) is 34.9. The summed E-state index contributed by atoms with van der Waals surface area (Å²) in [5.41, 5.74) is 0. The maximum Gasteiger partial charge on any atom is 0.309 e. The van der Waals surface area contributed by atoms with E-state index in [1.165, 1.54) is 77.0 Å². The minimum Gasteiger partial charge on any atom is -0.466 e. The van der Waals surface area contributed by atoms with Crippen molar-refractivity contribution in [2.45, 2.75) is 163 Å². The Morgan fingerprint density at radius 2 is 0.944 bits per heavy atom. The van der Waals surface area contributed by atoms with E-state index >= 15 is 0 Å². The summed E-state index contributed by atoms with van der Waals surface area (Å²) < 4.78 is 11.0. The van der Waals surface area contributed by atoms with Gasteiger partial charge < -0.3 is 9.47 Å². The smallest absolute Gasteiger partial charge is 0.309 e. The number of unbranched alkanes of at least 4 members (excludes halogenated alkanes) is 13. The highest BCUT2D eigenvalue weighted by Crippen LogP contribution is 2.18. The molecular weight excluding hydrogens is 448 g/mol. The number of rotatable bonds is 26. The fourth-order valence-electron chi connectivity index (χ4n) is 4.57. The fourth-order valence-corrected chi connectivity index (χ4v) is 4.57. The zero-order chi connectivity index (χ0) is 26.9. The SMILES string of the molecule is CCCCC(CC(=O)OCCCCCCCCCC(C)C)C(=O)OCCCCCCCCCC(C)C. The first-order valence-electron chi connectivity index (χ1n) is 15.7. The van der Waals surface area contributed by atoms with Crippen LogP contribution in [-0.2, 0) is 19.1 Å². The molecule has 1 unspecified atom stereocenters. The third-order valence-corrected chi connectivity index (χ3v) is 7.01. The molecule has 0 radical (unpaired) electrons. The van der Waals surface area contributed by atoms with Crippen LogP contribution in [0.1, 0.15) is 163 Å². The minimum atomic E-state index is -0.357. The fraction of sp³-hybridized carbons (Fsp3) is 0.938. The molecule has 0 amide bonds. The summed E-state index contributed by atoms with van der Waals surface area (Å²) >= 11 is 0. The number of hydrogen-bond acceptors (Lipinski definition) is 4. The van der Waals surface area contributed by atoms with Crippen molar-refractivity contribution in [3.8, 4) is 0 Å². The number of carbonyl (C=O) groups is 2. The largest absolute Gasteiger partial charge is 0.466 e. The van der Waals surface area contributed by atoms with Gasteiger partial charge >= 0.3 is 11.9 Å². The van der Waals surface area contributed by atoms with Crippen molar-refractivity contribution in [1.82, 2.24) is 0 Å². The van der Waals surface area contributed by atoms with E-state index in [1.54, 1.807) is 0 Å². The van der Waals surface area contributed by atoms with Gasteiger partial charge in [0.05, 0.1) is 25.6 Å². The lowest BCUT2D eigenvalue weighted by molar-refractivity contribution is -0.155. The van der Waals surface area contributed by atoms with Crippen molar-refractivity contribution >= 4 is 11.9 Å². The van der Waals surface area contributed by atoms with Crippen molar-refractivity contribution in [3.63, 3.8) is 0 Å². The van der Waals surface area contributed by atoms with E-state index in [2.05, 4.69) is 34.6 Å². The molecule has 0 aliphatic heterocycles. The summed E-state index contributed by atoms with van der Waals surface area (Å²) in [5.74, 6) is 0.800. The van der Waals surface area contributed by atoms with Gasteiger partial charge in [0.25, 0.3) is 0 Å². The normalized spacial score (nSPS) is 12.3. The van der Waals surface area contributed by atoms with E-state index in [1.807, 2.05) is 0 Å². The number of hydrogen-bond donors (Lipinski definition) is 0. The lowest BCUT2D eigenvalue weighted by atomic mass is 9.98. The highest BCUT2D eigenvalue weighted by Gasteiger charge is 2.23. The van der Waals surface area contributed by atoms with E-state index in [9.17, 15) is 9.59 Å². The van der Waals surface area contributed by atoms with Crippen molar-refractivity contribution in [2.24, 2.45) is 17.8 Å². The summed E-state index contributed by atoms with van der Waals surface area (Å²) in [5, 5.41) is 0. The van der Waals surface area contributed by atoms with Crippen LogP contribution in [-0.4, -0.2) is 25.2 Å². The monoisotopic (exact) mass is 510 g/mol. The molecule has 1 atom stereocenters. The Labute approximate surface area is 225 Å². The Morgan fingerprint density at radius 3 is 1.39 bits per heavy atom. The summed E-state index contributed by atoms with van der Waals surface area (Å²) in [7, 11) is 0. The zero-order valence-electron chi connectivity index (χ0n) is 24.9. The molecule has 4 heteroatoms. The summed E-state index contributed by atoms with van der Waals surface area (Å²) in [6.07, 6.45) is 22.5. The van der Waals surface area contributed by atoms with E-state index < -0.39 is 0 Å². The van der Waals surface area contributed by atoms with E-state index in [4.69, 9.17) is 9.47 Å². The van der Waals surface area contributed by atoms with Crippen molar-refractivity contribution in [2.75, 3.05) is 13.2 Å². The Balaban J connectivity index is 3.86. The Hall–Kier alpha value is -1.06. The Morgan fingerprint density at radius 1 is 0.528 bits per heavy atom. The molecule has 0 saturated heterocycles. The molecule has 0 aliphatic rings. The molecule has 0 aromatic carbocycles. The predicted octanol–water partition coefficient (Wildman–Crippen LogP) is 9.82.